The topological polar surface area (TPSA) is 21.1 Å². The fourth-order valence-corrected chi connectivity index (χ4v) is 10.5. The van der Waals surface area contributed by atoms with Crippen LogP contribution in [0.5, 0.6) is 0 Å². The number of thioether (sulfide) groups is 1. The lowest BCUT2D eigenvalue weighted by Gasteiger charge is -2.34. The van der Waals surface area contributed by atoms with E-state index in [1.807, 2.05) is 12.4 Å². The minimum Gasteiger partial charge on any atom is -0.361 e. The van der Waals surface area contributed by atoms with Gasteiger partial charge in [-0.25, -0.2) is 0 Å². The van der Waals surface area contributed by atoms with E-state index in [4.69, 9.17) is 0 Å². The van der Waals surface area contributed by atoms with E-state index in [2.05, 4.69) is 142 Å². The molecule has 6 atom stereocenters. The number of allylic oxidation sites excluding steroid dienone is 10. The van der Waals surface area contributed by atoms with Crippen molar-refractivity contribution in [3.63, 3.8) is 0 Å². The summed E-state index contributed by atoms with van der Waals surface area (Å²) in [6.45, 7) is 0. The molecule has 0 saturated carbocycles. The van der Waals surface area contributed by atoms with E-state index in [0.717, 1.165) is 12.8 Å². The molecule has 6 aliphatic rings. The van der Waals surface area contributed by atoms with Gasteiger partial charge >= 0.3 is 0 Å². The number of para-hydroxylation sites is 1. The van der Waals surface area contributed by atoms with Crippen LogP contribution in [0.15, 0.2) is 138 Å². The van der Waals surface area contributed by atoms with Crippen LogP contribution >= 0.6 is 11.8 Å². The van der Waals surface area contributed by atoms with Gasteiger partial charge in [0, 0.05) is 63.6 Å². The summed E-state index contributed by atoms with van der Waals surface area (Å²) in [6.07, 6.45) is 32.8. The summed E-state index contributed by atoms with van der Waals surface area (Å²) in [5, 5.41) is 2.99. The monoisotopic (exact) mass is 601 g/mol. The van der Waals surface area contributed by atoms with Crippen LogP contribution in [0, 0.1) is 17.8 Å². The molecule has 2 aromatic carbocycles. The Morgan fingerprint density at radius 3 is 2.78 bits per heavy atom. The van der Waals surface area contributed by atoms with Crippen molar-refractivity contribution in [2.24, 2.45) is 17.8 Å². The van der Waals surface area contributed by atoms with Gasteiger partial charge in [0.25, 0.3) is 0 Å². The Morgan fingerprint density at radius 1 is 0.844 bits per heavy atom. The Balaban J connectivity index is 1.01. The first-order chi connectivity index (χ1) is 22.3. The van der Waals surface area contributed by atoms with Gasteiger partial charge in [-0.2, -0.15) is 0 Å². The Hall–Kier alpha value is -4.28. The summed E-state index contributed by atoms with van der Waals surface area (Å²) in [6, 6.07) is 21.4. The molecule has 0 bridgehead atoms. The molecule has 0 radical (unpaired) electrons. The Labute approximate surface area is 268 Å². The fraction of sp³-hybridized carbons (Fsp3) is 0.244. The van der Waals surface area contributed by atoms with Gasteiger partial charge in [0.15, 0.2) is 0 Å². The highest BCUT2D eigenvalue weighted by Gasteiger charge is 2.46. The number of benzene rings is 2. The van der Waals surface area contributed by atoms with Gasteiger partial charge in [-0.15, -0.1) is 11.8 Å². The van der Waals surface area contributed by atoms with Crippen LogP contribution in [0.25, 0.3) is 33.1 Å². The summed E-state index contributed by atoms with van der Waals surface area (Å²) >= 11 is 2.09. The number of anilines is 1. The molecule has 2 aromatic heterocycles. The minimum absolute atomic E-state index is 0.397. The Kier molecular flexibility index (Phi) is 5.84. The van der Waals surface area contributed by atoms with Gasteiger partial charge < -0.3 is 9.47 Å². The zero-order valence-electron chi connectivity index (χ0n) is 25.2. The maximum atomic E-state index is 4.46. The molecule has 1 saturated heterocycles. The van der Waals surface area contributed by atoms with Gasteiger partial charge in [0.1, 0.15) is 0 Å². The lowest BCUT2D eigenvalue weighted by molar-refractivity contribution is 0.458. The molecule has 4 heterocycles. The zero-order valence-corrected chi connectivity index (χ0v) is 26.0. The molecular weight excluding hydrogens is 567 g/mol. The summed E-state index contributed by atoms with van der Waals surface area (Å²) in [4.78, 5) is 8.77. The zero-order chi connectivity index (χ0) is 29.5. The van der Waals surface area contributed by atoms with E-state index in [-0.39, 0.29) is 0 Å². The maximum Gasteiger partial charge on any atom is 0.0568 e. The molecule has 10 rings (SSSR count). The number of nitrogens with zero attached hydrogens (tertiary/aromatic N) is 3. The molecule has 0 spiro atoms. The third-order valence-electron chi connectivity index (χ3n) is 11.0. The molecule has 6 unspecified atom stereocenters. The number of aromatic nitrogens is 2. The lowest BCUT2D eigenvalue weighted by atomic mass is 9.81. The van der Waals surface area contributed by atoms with Crippen LogP contribution in [-0.4, -0.2) is 26.9 Å². The molecule has 0 N–H and O–H groups in total. The molecule has 0 amide bonds. The van der Waals surface area contributed by atoms with Crippen molar-refractivity contribution >= 4 is 50.5 Å². The summed E-state index contributed by atoms with van der Waals surface area (Å²) < 4.78 is 2.49. The third-order valence-corrected chi connectivity index (χ3v) is 12.5. The molecular formula is C41H35N3S. The van der Waals surface area contributed by atoms with Crippen LogP contribution in [0.2, 0.25) is 0 Å². The van der Waals surface area contributed by atoms with Crippen molar-refractivity contribution in [1.82, 2.24) is 9.55 Å². The van der Waals surface area contributed by atoms with E-state index < -0.39 is 0 Å². The predicted octanol–water partition coefficient (Wildman–Crippen LogP) is 9.73. The summed E-state index contributed by atoms with van der Waals surface area (Å²) in [5.74, 6) is 1.56. The van der Waals surface area contributed by atoms with Crippen molar-refractivity contribution in [3.8, 4) is 0 Å². The molecule has 220 valence electrons. The van der Waals surface area contributed by atoms with E-state index >= 15 is 0 Å². The smallest absolute Gasteiger partial charge is 0.0568 e. The van der Waals surface area contributed by atoms with Crippen LogP contribution in [0.3, 0.4) is 0 Å². The normalized spacial score (nSPS) is 29.6. The molecule has 2 aliphatic heterocycles. The first kappa shape index (κ1) is 26.0. The van der Waals surface area contributed by atoms with Crippen molar-refractivity contribution in [2.75, 3.05) is 4.90 Å². The van der Waals surface area contributed by atoms with Gasteiger partial charge in [-0.05, 0) is 77.6 Å². The van der Waals surface area contributed by atoms with Crippen molar-refractivity contribution < 1.29 is 0 Å². The van der Waals surface area contributed by atoms with Gasteiger partial charge in [-0.3, -0.25) is 4.98 Å². The standard InChI is InChI=1S/C41H35N3S/c1-4-13-36-30(10-1)31-11-2-5-14-37(31)43(36)28-9-7-8-26(22-28)27-16-18-40-33(23-27)34-24-29(17-19-41(34)45-40)44-38-15-6-3-12-32(38)35-25-42-21-20-39(35)44/h1-4,6-13,15-16,18,20-25,30-31,33,36-37,40H,5,14,17,19H2. The second-order valence-electron chi connectivity index (χ2n) is 13.3. The van der Waals surface area contributed by atoms with Crippen molar-refractivity contribution in [3.05, 3.63) is 144 Å². The minimum atomic E-state index is 0.397. The number of hydrogen-bond acceptors (Lipinski definition) is 3. The highest BCUT2D eigenvalue weighted by Crippen LogP contribution is 2.52. The largest absolute Gasteiger partial charge is 0.361 e. The average Bonchev–Trinajstić information content (AvgIpc) is 3.75. The predicted molar refractivity (Wildman–Crippen MR) is 190 cm³/mol. The first-order valence-corrected chi connectivity index (χ1v) is 17.4. The van der Waals surface area contributed by atoms with Crippen molar-refractivity contribution in [2.45, 2.75) is 43.0 Å². The highest BCUT2D eigenvalue weighted by molar-refractivity contribution is 8.04. The second-order valence-corrected chi connectivity index (χ2v) is 14.6. The maximum absolute atomic E-state index is 4.46. The fourth-order valence-electron chi connectivity index (χ4n) is 9.05. The molecule has 4 heteroatoms. The van der Waals surface area contributed by atoms with Crippen LogP contribution in [0.4, 0.5) is 5.69 Å². The first-order valence-electron chi connectivity index (χ1n) is 16.6. The molecule has 4 aliphatic carbocycles. The Morgan fingerprint density at radius 2 is 1.78 bits per heavy atom. The number of hydrogen-bond donors (Lipinski definition) is 0. The highest BCUT2D eigenvalue weighted by atomic mass is 32.2. The van der Waals surface area contributed by atoms with Gasteiger partial charge in [0.05, 0.1) is 17.1 Å². The van der Waals surface area contributed by atoms with Crippen LogP contribution < -0.4 is 4.90 Å². The SMILES string of the molecule is C1=CC2C3C=CCCC3N(c3cccc(C4=CC5C6=C(CCC(n7c8ccccc8c8cnccc87)=C6)SC5C=C4)c3)C2C=C1. The number of rotatable bonds is 3. The summed E-state index contributed by atoms with van der Waals surface area (Å²) in [7, 11) is 0. The van der Waals surface area contributed by atoms with E-state index in [0.29, 0.717) is 35.1 Å². The van der Waals surface area contributed by atoms with Crippen molar-refractivity contribution in [1.29, 1.82) is 0 Å². The van der Waals surface area contributed by atoms with E-state index in [1.165, 1.54) is 62.7 Å². The number of pyridine rings is 1. The van der Waals surface area contributed by atoms with Gasteiger partial charge in [-0.1, -0.05) is 85.0 Å². The quantitative estimate of drug-likeness (QED) is 0.218. The number of fused-ring (bicyclic) bond motifs is 8. The molecule has 45 heavy (non-hydrogen) atoms. The van der Waals surface area contributed by atoms with Crippen LogP contribution in [0.1, 0.15) is 31.2 Å². The third kappa shape index (κ3) is 3.94. The second kappa shape index (κ2) is 10.1. The molecule has 1 fully saturated rings. The average molecular weight is 602 g/mol. The van der Waals surface area contributed by atoms with Gasteiger partial charge in [0.2, 0.25) is 0 Å². The Bertz CT molecular complexity index is 2050. The van der Waals surface area contributed by atoms with E-state index in [1.54, 1.807) is 4.91 Å². The lowest BCUT2D eigenvalue weighted by Crippen LogP contribution is -2.38. The van der Waals surface area contributed by atoms with Crippen LogP contribution in [-0.2, 0) is 0 Å². The molecule has 3 nitrogen and oxygen atoms in total. The molecule has 4 aromatic rings. The summed E-state index contributed by atoms with van der Waals surface area (Å²) in [5.41, 5.74) is 9.49. The van der Waals surface area contributed by atoms with E-state index in [9.17, 15) is 0 Å².